The van der Waals surface area contributed by atoms with E-state index in [-0.39, 0.29) is 16.1 Å². The number of nitrogens with one attached hydrogen (secondary N) is 1. The Morgan fingerprint density at radius 2 is 1.67 bits per heavy atom. The first-order valence-electron chi connectivity index (χ1n) is 5.61. The topological polar surface area (TPSA) is 83.5 Å². The van der Waals surface area contributed by atoms with E-state index in [1.54, 1.807) is 12.1 Å². The van der Waals surface area contributed by atoms with E-state index in [1.165, 1.54) is 30.3 Å². The van der Waals surface area contributed by atoms with Gasteiger partial charge < -0.3 is 5.11 Å². The fourth-order valence-electron chi connectivity index (χ4n) is 1.58. The molecular formula is C13H9Br2NO4S. The van der Waals surface area contributed by atoms with E-state index in [4.69, 9.17) is 5.11 Å². The Kier molecular flexibility index (Phi) is 4.70. The number of carboxylic acids is 1. The van der Waals surface area contributed by atoms with Gasteiger partial charge in [0, 0.05) is 14.6 Å². The fourth-order valence-corrected chi connectivity index (χ4v) is 4.39. The van der Waals surface area contributed by atoms with E-state index in [1.807, 2.05) is 0 Å². The van der Waals surface area contributed by atoms with E-state index < -0.39 is 16.0 Å². The standard InChI is InChI=1S/C13H9Br2NO4S/c14-9-3-6-12(11(15)7-9)21(19,20)16-10-4-1-8(2-5-10)13(17)18/h1-7,16H,(H,17,18). The zero-order valence-electron chi connectivity index (χ0n) is 10.4. The van der Waals surface area contributed by atoms with Crippen LogP contribution in [0.5, 0.6) is 0 Å². The van der Waals surface area contributed by atoms with Crippen LogP contribution in [0.2, 0.25) is 0 Å². The van der Waals surface area contributed by atoms with Crippen LogP contribution < -0.4 is 4.72 Å². The van der Waals surface area contributed by atoms with Gasteiger partial charge in [0.05, 0.1) is 5.56 Å². The van der Waals surface area contributed by atoms with E-state index in [0.717, 1.165) is 4.47 Å². The predicted molar refractivity (Wildman–Crippen MR) is 86.1 cm³/mol. The Morgan fingerprint density at radius 3 is 2.19 bits per heavy atom. The van der Waals surface area contributed by atoms with Gasteiger partial charge in [-0.05, 0) is 58.4 Å². The van der Waals surface area contributed by atoms with Crippen LogP contribution in [0.15, 0.2) is 56.3 Å². The number of carbonyl (C=O) groups is 1. The van der Waals surface area contributed by atoms with Gasteiger partial charge in [0.25, 0.3) is 10.0 Å². The van der Waals surface area contributed by atoms with Crippen molar-refractivity contribution in [3.8, 4) is 0 Å². The molecule has 0 atom stereocenters. The molecule has 2 aromatic rings. The SMILES string of the molecule is O=C(O)c1ccc(NS(=O)(=O)c2ccc(Br)cc2Br)cc1. The third-order valence-electron chi connectivity index (χ3n) is 2.57. The van der Waals surface area contributed by atoms with Crippen LogP contribution in [-0.2, 0) is 10.0 Å². The Balaban J connectivity index is 2.30. The number of carboxylic acid groups (broad SMARTS) is 1. The van der Waals surface area contributed by atoms with Crippen molar-refractivity contribution in [2.45, 2.75) is 4.90 Å². The zero-order valence-corrected chi connectivity index (χ0v) is 14.4. The van der Waals surface area contributed by atoms with Gasteiger partial charge in [0.15, 0.2) is 0 Å². The molecule has 0 aliphatic carbocycles. The van der Waals surface area contributed by atoms with Crippen molar-refractivity contribution in [3.63, 3.8) is 0 Å². The average molecular weight is 435 g/mol. The van der Waals surface area contributed by atoms with Crippen LogP contribution in [0.4, 0.5) is 5.69 Å². The van der Waals surface area contributed by atoms with Crippen molar-refractivity contribution >= 4 is 53.5 Å². The summed E-state index contributed by atoms with van der Waals surface area (Å²) in [7, 11) is -3.76. The van der Waals surface area contributed by atoms with E-state index >= 15 is 0 Å². The summed E-state index contributed by atoms with van der Waals surface area (Å²) in [5, 5.41) is 8.80. The van der Waals surface area contributed by atoms with Crippen molar-refractivity contribution in [3.05, 3.63) is 57.0 Å². The Bertz CT molecular complexity index is 788. The van der Waals surface area contributed by atoms with Gasteiger partial charge in [-0.15, -0.1) is 0 Å². The molecule has 0 aliphatic heterocycles. The molecule has 21 heavy (non-hydrogen) atoms. The normalized spacial score (nSPS) is 11.1. The summed E-state index contributed by atoms with van der Waals surface area (Å²) in [6, 6.07) is 10.2. The number of hydrogen-bond acceptors (Lipinski definition) is 3. The first kappa shape index (κ1) is 16.0. The average Bonchev–Trinajstić information content (AvgIpc) is 2.38. The molecule has 0 aromatic heterocycles. The highest BCUT2D eigenvalue weighted by molar-refractivity contribution is 9.11. The molecule has 0 fully saturated rings. The lowest BCUT2D eigenvalue weighted by Gasteiger charge is -2.10. The Hall–Kier alpha value is -1.38. The molecule has 0 saturated heterocycles. The lowest BCUT2D eigenvalue weighted by molar-refractivity contribution is 0.0697. The third-order valence-corrected chi connectivity index (χ3v) is 5.42. The smallest absolute Gasteiger partial charge is 0.335 e. The maximum atomic E-state index is 12.3. The summed E-state index contributed by atoms with van der Waals surface area (Å²) in [5.41, 5.74) is 0.373. The molecule has 0 aliphatic rings. The second-order valence-electron chi connectivity index (χ2n) is 4.06. The van der Waals surface area contributed by atoms with Crippen LogP contribution in [0.3, 0.4) is 0 Å². The number of halogens is 2. The van der Waals surface area contributed by atoms with Gasteiger partial charge in [-0.3, -0.25) is 4.72 Å². The highest BCUT2D eigenvalue weighted by Crippen LogP contribution is 2.27. The molecule has 0 bridgehead atoms. The first-order chi connectivity index (χ1) is 9.79. The molecule has 5 nitrogen and oxygen atoms in total. The summed E-state index contributed by atoms with van der Waals surface area (Å²) in [4.78, 5) is 10.8. The molecule has 2 aromatic carbocycles. The molecule has 0 saturated carbocycles. The van der Waals surface area contributed by atoms with E-state index in [2.05, 4.69) is 36.6 Å². The molecule has 0 radical (unpaired) electrons. The number of hydrogen-bond donors (Lipinski definition) is 2. The fraction of sp³-hybridized carbons (Fsp3) is 0. The summed E-state index contributed by atoms with van der Waals surface area (Å²) < 4.78 is 28.1. The van der Waals surface area contributed by atoms with Gasteiger partial charge in [-0.1, -0.05) is 15.9 Å². The zero-order chi connectivity index (χ0) is 15.6. The largest absolute Gasteiger partial charge is 0.478 e. The van der Waals surface area contributed by atoms with Crippen molar-refractivity contribution < 1.29 is 18.3 Å². The summed E-state index contributed by atoms with van der Waals surface area (Å²) >= 11 is 6.45. The van der Waals surface area contributed by atoms with Gasteiger partial charge in [-0.2, -0.15) is 0 Å². The van der Waals surface area contributed by atoms with Crippen LogP contribution in [0.25, 0.3) is 0 Å². The summed E-state index contributed by atoms with van der Waals surface area (Å²) in [6.45, 7) is 0. The molecule has 0 spiro atoms. The predicted octanol–water partition coefficient (Wildman–Crippen LogP) is 3.71. The van der Waals surface area contributed by atoms with Crippen molar-refractivity contribution in [1.82, 2.24) is 0 Å². The number of aromatic carboxylic acids is 1. The monoisotopic (exact) mass is 433 g/mol. The van der Waals surface area contributed by atoms with Gasteiger partial charge >= 0.3 is 5.97 Å². The molecule has 2 rings (SSSR count). The van der Waals surface area contributed by atoms with Crippen LogP contribution in [-0.4, -0.2) is 19.5 Å². The van der Waals surface area contributed by atoms with Crippen molar-refractivity contribution in [2.24, 2.45) is 0 Å². The molecule has 0 unspecified atom stereocenters. The molecule has 8 heteroatoms. The van der Waals surface area contributed by atoms with Crippen LogP contribution in [0, 0.1) is 0 Å². The van der Waals surface area contributed by atoms with Gasteiger partial charge in [0.2, 0.25) is 0 Å². The Morgan fingerprint density at radius 1 is 1.05 bits per heavy atom. The molecule has 0 heterocycles. The number of benzene rings is 2. The van der Waals surface area contributed by atoms with E-state index in [9.17, 15) is 13.2 Å². The maximum absolute atomic E-state index is 12.3. The minimum Gasteiger partial charge on any atom is -0.478 e. The molecule has 2 N–H and O–H groups in total. The van der Waals surface area contributed by atoms with Gasteiger partial charge in [-0.25, -0.2) is 13.2 Å². The summed E-state index contributed by atoms with van der Waals surface area (Å²) in [5.74, 6) is -1.07. The maximum Gasteiger partial charge on any atom is 0.335 e. The highest BCUT2D eigenvalue weighted by atomic mass is 79.9. The third kappa shape index (κ3) is 3.84. The van der Waals surface area contributed by atoms with Gasteiger partial charge in [0.1, 0.15) is 4.90 Å². The van der Waals surface area contributed by atoms with E-state index in [0.29, 0.717) is 4.47 Å². The lowest BCUT2D eigenvalue weighted by Crippen LogP contribution is -2.13. The second kappa shape index (κ2) is 6.17. The molecule has 110 valence electrons. The number of sulfonamides is 1. The number of anilines is 1. The minimum atomic E-state index is -3.76. The van der Waals surface area contributed by atoms with Crippen molar-refractivity contribution in [2.75, 3.05) is 4.72 Å². The molecular weight excluding hydrogens is 426 g/mol. The van der Waals surface area contributed by atoms with Crippen molar-refractivity contribution in [1.29, 1.82) is 0 Å². The van der Waals surface area contributed by atoms with Crippen LogP contribution in [0.1, 0.15) is 10.4 Å². The van der Waals surface area contributed by atoms with Crippen LogP contribution >= 0.6 is 31.9 Å². The minimum absolute atomic E-state index is 0.0859. The summed E-state index contributed by atoms with van der Waals surface area (Å²) in [6.07, 6.45) is 0. The number of rotatable bonds is 4. The highest BCUT2D eigenvalue weighted by Gasteiger charge is 2.18. The Labute approximate surface area is 138 Å². The second-order valence-corrected chi connectivity index (χ2v) is 7.48. The lowest BCUT2D eigenvalue weighted by atomic mass is 10.2. The molecule has 0 amide bonds. The quantitative estimate of drug-likeness (QED) is 0.768. The first-order valence-corrected chi connectivity index (χ1v) is 8.68.